The van der Waals surface area contributed by atoms with Crippen LogP contribution >= 0.6 is 0 Å². The van der Waals surface area contributed by atoms with Crippen molar-refractivity contribution in [1.82, 2.24) is 20.9 Å². The maximum atomic E-state index is 12.1. The molecule has 1 aromatic carbocycles. The van der Waals surface area contributed by atoms with Gasteiger partial charge < -0.3 is 30.8 Å². The van der Waals surface area contributed by atoms with E-state index in [1.165, 1.54) is 5.56 Å². The minimum Gasteiger partial charge on any atom is -0.481 e. The summed E-state index contributed by atoms with van der Waals surface area (Å²) in [4.78, 5) is 60.3. The van der Waals surface area contributed by atoms with Crippen molar-refractivity contribution in [3.05, 3.63) is 35.5 Å². The van der Waals surface area contributed by atoms with Gasteiger partial charge in [0.25, 0.3) is 0 Å². The second-order valence-electron chi connectivity index (χ2n) is 6.65. The highest BCUT2D eigenvalue weighted by Crippen LogP contribution is 2.18. The molecule has 0 aliphatic rings. The third kappa shape index (κ3) is 6.73. The number of carbonyl (C=O) groups is 5. The second kappa shape index (κ2) is 10.7. The van der Waals surface area contributed by atoms with Crippen molar-refractivity contribution in [2.45, 2.75) is 32.2 Å². The number of rotatable bonds is 11. The van der Waals surface area contributed by atoms with Crippen LogP contribution in [0.1, 0.15) is 24.6 Å². The van der Waals surface area contributed by atoms with E-state index in [-0.39, 0.29) is 13.0 Å². The van der Waals surface area contributed by atoms with Crippen LogP contribution in [0.5, 0.6) is 0 Å². The number of benzene rings is 1. The molecule has 30 heavy (non-hydrogen) atoms. The lowest BCUT2D eigenvalue weighted by atomic mass is 10.1. The molecule has 0 aliphatic carbocycles. The van der Waals surface area contributed by atoms with Crippen LogP contribution in [-0.4, -0.2) is 59.2 Å². The van der Waals surface area contributed by atoms with Crippen molar-refractivity contribution in [2.24, 2.45) is 0 Å². The monoisotopic (exact) mass is 416 g/mol. The summed E-state index contributed by atoms with van der Waals surface area (Å²) in [5, 5.41) is 16.7. The molecule has 0 saturated heterocycles. The fraction of sp³-hybridized carbons (Fsp3) is 0.350. The summed E-state index contributed by atoms with van der Waals surface area (Å²) < 4.78 is 0. The smallest absolute Gasteiger partial charge is 0.305 e. The zero-order valence-electron chi connectivity index (χ0n) is 16.5. The molecule has 0 radical (unpaired) electrons. The normalized spacial score (nSPS) is 11.5. The molecule has 0 fully saturated rings. The third-order valence-corrected chi connectivity index (χ3v) is 4.34. The molecule has 5 N–H and O–H groups in total. The molecular formula is C20H24N4O6. The molecule has 1 unspecified atom stereocenters. The Morgan fingerprint density at radius 3 is 2.57 bits per heavy atom. The molecule has 0 spiro atoms. The van der Waals surface area contributed by atoms with Gasteiger partial charge in [0, 0.05) is 11.2 Å². The van der Waals surface area contributed by atoms with Crippen LogP contribution in [0, 0.1) is 0 Å². The predicted molar refractivity (Wildman–Crippen MR) is 108 cm³/mol. The molecule has 160 valence electrons. The molecule has 2 rings (SSSR count). The first kappa shape index (κ1) is 22.6. The Hall–Kier alpha value is -3.69. The third-order valence-electron chi connectivity index (χ3n) is 4.34. The van der Waals surface area contributed by atoms with Gasteiger partial charge in [-0.05, 0) is 35.6 Å². The molecule has 1 heterocycles. The Labute approximate surface area is 172 Å². The number of aldehydes is 1. The van der Waals surface area contributed by atoms with Gasteiger partial charge in [0.1, 0.15) is 12.3 Å². The van der Waals surface area contributed by atoms with Crippen molar-refractivity contribution in [3.63, 3.8) is 0 Å². The number of hydrogen-bond donors (Lipinski definition) is 5. The van der Waals surface area contributed by atoms with Gasteiger partial charge in [0.2, 0.25) is 17.7 Å². The first-order valence-electron chi connectivity index (χ1n) is 9.42. The van der Waals surface area contributed by atoms with Gasteiger partial charge in [0.05, 0.1) is 25.9 Å². The Kier molecular flexibility index (Phi) is 8.09. The van der Waals surface area contributed by atoms with E-state index in [1.807, 2.05) is 24.3 Å². The molecule has 1 atom stereocenters. The van der Waals surface area contributed by atoms with E-state index < -0.39 is 42.7 Å². The van der Waals surface area contributed by atoms with Crippen LogP contribution in [0.3, 0.4) is 0 Å². The van der Waals surface area contributed by atoms with Crippen molar-refractivity contribution < 1.29 is 29.1 Å². The second-order valence-corrected chi connectivity index (χ2v) is 6.65. The van der Waals surface area contributed by atoms with E-state index >= 15 is 0 Å². The average molecular weight is 416 g/mol. The van der Waals surface area contributed by atoms with E-state index in [9.17, 15) is 24.0 Å². The van der Waals surface area contributed by atoms with Crippen molar-refractivity contribution in [3.8, 4) is 0 Å². The molecular weight excluding hydrogens is 392 g/mol. The van der Waals surface area contributed by atoms with E-state index in [2.05, 4.69) is 27.9 Å². The van der Waals surface area contributed by atoms with Crippen LogP contribution < -0.4 is 16.0 Å². The van der Waals surface area contributed by atoms with Gasteiger partial charge in [-0.15, -0.1) is 0 Å². The number of H-pyrrole nitrogens is 1. The lowest BCUT2D eigenvalue weighted by Gasteiger charge is -2.16. The van der Waals surface area contributed by atoms with E-state index in [4.69, 9.17) is 5.11 Å². The topological polar surface area (TPSA) is 157 Å². The number of aromatic nitrogens is 1. The SMILES string of the molecule is CCc1ccc2[nH]c(CC(=O)NCC(=O)NC(CC(=O)O)C(=O)NCC=O)cc2c1. The number of carboxylic acids is 1. The Morgan fingerprint density at radius 2 is 1.90 bits per heavy atom. The molecule has 2 aromatic rings. The zero-order chi connectivity index (χ0) is 22.1. The minimum atomic E-state index is -1.35. The summed E-state index contributed by atoms with van der Waals surface area (Å²) in [6.07, 6.45) is 0.716. The summed E-state index contributed by atoms with van der Waals surface area (Å²) in [5.74, 6) is -3.22. The van der Waals surface area contributed by atoms with Crippen LogP contribution in [-0.2, 0) is 36.8 Å². The largest absolute Gasteiger partial charge is 0.481 e. The highest BCUT2D eigenvalue weighted by Gasteiger charge is 2.23. The Morgan fingerprint density at radius 1 is 1.13 bits per heavy atom. The van der Waals surface area contributed by atoms with Crippen LogP contribution in [0.15, 0.2) is 24.3 Å². The first-order valence-corrected chi connectivity index (χ1v) is 9.42. The summed E-state index contributed by atoms with van der Waals surface area (Å²) in [7, 11) is 0. The predicted octanol–water partition coefficient (Wildman–Crippen LogP) is -0.336. The molecule has 1 aromatic heterocycles. The zero-order valence-corrected chi connectivity index (χ0v) is 16.5. The maximum absolute atomic E-state index is 12.1. The number of fused-ring (bicyclic) bond motifs is 1. The highest BCUT2D eigenvalue weighted by atomic mass is 16.4. The number of carbonyl (C=O) groups excluding carboxylic acids is 4. The summed E-state index contributed by atoms with van der Waals surface area (Å²) >= 11 is 0. The fourth-order valence-electron chi connectivity index (χ4n) is 2.87. The lowest BCUT2D eigenvalue weighted by Crippen LogP contribution is -2.50. The number of amides is 3. The molecule has 0 bridgehead atoms. The van der Waals surface area contributed by atoms with Gasteiger partial charge in [-0.25, -0.2) is 0 Å². The van der Waals surface area contributed by atoms with Gasteiger partial charge in [-0.3, -0.25) is 19.2 Å². The fourth-order valence-corrected chi connectivity index (χ4v) is 2.87. The highest BCUT2D eigenvalue weighted by molar-refractivity contribution is 5.93. The molecule has 10 heteroatoms. The molecule has 0 aliphatic heterocycles. The van der Waals surface area contributed by atoms with Crippen molar-refractivity contribution >= 4 is 40.9 Å². The molecule has 0 saturated carbocycles. The van der Waals surface area contributed by atoms with Crippen LogP contribution in [0.2, 0.25) is 0 Å². The van der Waals surface area contributed by atoms with E-state index in [0.29, 0.717) is 12.0 Å². The van der Waals surface area contributed by atoms with Gasteiger partial charge in [0.15, 0.2) is 0 Å². The Bertz CT molecular complexity index is 952. The summed E-state index contributed by atoms with van der Waals surface area (Å²) in [5.41, 5.74) is 2.78. The van der Waals surface area contributed by atoms with E-state index in [1.54, 1.807) is 0 Å². The standard InChI is InChI=1S/C20H24N4O6/c1-2-12-3-4-15-13(7-12)8-14(23-15)9-17(26)22-11-18(27)24-16(10-19(28)29)20(30)21-5-6-25/h3-4,6-8,16,23H,2,5,9-11H2,1H3,(H,21,30)(H,22,26)(H,24,27)(H,28,29). The van der Waals surface area contributed by atoms with Gasteiger partial charge in [-0.2, -0.15) is 0 Å². The number of aliphatic carboxylic acids is 1. The number of carboxylic acid groups (broad SMARTS) is 1. The number of aryl methyl sites for hydroxylation is 1. The average Bonchev–Trinajstić information content (AvgIpc) is 3.10. The van der Waals surface area contributed by atoms with Crippen LogP contribution in [0.4, 0.5) is 0 Å². The lowest BCUT2D eigenvalue weighted by molar-refractivity contribution is -0.140. The quantitative estimate of drug-likeness (QED) is 0.316. The summed E-state index contributed by atoms with van der Waals surface area (Å²) in [6, 6.07) is 6.51. The van der Waals surface area contributed by atoms with Gasteiger partial charge in [-0.1, -0.05) is 13.0 Å². The molecule has 3 amide bonds. The number of nitrogens with one attached hydrogen (secondary N) is 4. The van der Waals surface area contributed by atoms with Crippen molar-refractivity contribution in [1.29, 1.82) is 0 Å². The van der Waals surface area contributed by atoms with Gasteiger partial charge >= 0.3 is 5.97 Å². The van der Waals surface area contributed by atoms with Crippen molar-refractivity contribution in [2.75, 3.05) is 13.1 Å². The molecule has 10 nitrogen and oxygen atoms in total. The Balaban J connectivity index is 1.87. The maximum Gasteiger partial charge on any atom is 0.305 e. The number of hydrogen-bond acceptors (Lipinski definition) is 5. The van der Waals surface area contributed by atoms with E-state index in [0.717, 1.165) is 17.3 Å². The number of aromatic amines is 1. The minimum absolute atomic E-state index is 0.0296. The van der Waals surface area contributed by atoms with Crippen LogP contribution in [0.25, 0.3) is 10.9 Å². The first-order chi connectivity index (χ1) is 14.3. The summed E-state index contributed by atoms with van der Waals surface area (Å²) in [6.45, 7) is 1.34.